The van der Waals surface area contributed by atoms with Gasteiger partial charge < -0.3 is 5.11 Å². The number of sulfonamides is 1. The zero-order valence-electron chi connectivity index (χ0n) is 12.5. The van der Waals surface area contributed by atoms with Crippen molar-refractivity contribution < 1.29 is 13.5 Å². The van der Waals surface area contributed by atoms with Crippen molar-refractivity contribution in [1.82, 2.24) is 4.72 Å². The highest BCUT2D eigenvalue weighted by Crippen LogP contribution is 2.16. The molecule has 0 aromatic heterocycles. The summed E-state index contributed by atoms with van der Waals surface area (Å²) in [6.45, 7) is 5.79. The SMILES string of the molecule is CCCC[C@H](C)[C@H](CO)NS(=O)(=O)c1ccc(C)cc1. The van der Waals surface area contributed by atoms with E-state index < -0.39 is 16.1 Å². The Hall–Kier alpha value is -0.910. The van der Waals surface area contributed by atoms with Gasteiger partial charge in [0.05, 0.1) is 11.5 Å². The van der Waals surface area contributed by atoms with Crippen LogP contribution in [0.4, 0.5) is 0 Å². The fraction of sp³-hybridized carbons (Fsp3) is 0.600. The molecule has 0 amide bonds. The topological polar surface area (TPSA) is 66.4 Å². The van der Waals surface area contributed by atoms with E-state index in [-0.39, 0.29) is 17.4 Å². The van der Waals surface area contributed by atoms with E-state index in [0.717, 1.165) is 24.8 Å². The van der Waals surface area contributed by atoms with Crippen molar-refractivity contribution >= 4 is 10.0 Å². The van der Waals surface area contributed by atoms with Crippen molar-refractivity contribution in [2.75, 3.05) is 6.61 Å². The summed E-state index contributed by atoms with van der Waals surface area (Å²) in [7, 11) is -3.57. The Morgan fingerprint density at radius 2 is 1.85 bits per heavy atom. The Labute approximate surface area is 122 Å². The van der Waals surface area contributed by atoms with Gasteiger partial charge in [0, 0.05) is 6.04 Å². The summed E-state index contributed by atoms with van der Waals surface area (Å²) in [5.41, 5.74) is 1.01. The predicted molar refractivity (Wildman–Crippen MR) is 81.1 cm³/mol. The molecule has 0 spiro atoms. The summed E-state index contributed by atoms with van der Waals surface area (Å²) < 4.78 is 27.1. The first-order valence-corrected chi connectivity index (χ1v) is 8.59. The standard InChI is InChI=1S/C15H25NO3S/c1-4-5-6-13(3)15(11-17)16-20(18,19)14-9-7-12(2)8-10-14/h7-10,13,15-17H,4-6,11H2,1-3H3/t13-,15-/m0/s1. The average Bonchev–Trinajstić information content (AvgIpc) is 2.42. The minimum absolute atomic E-state index is 0.111. The maximum atomic E-state index is 12.3. The van der Waals surface area contributed by atoms with E-state index in [1.807, 2.05) is 13.8 Å². The van der Waals surface area contributed by atoms with Crippen LogP contribution in [0.3, 0.4) is 0 Å². The number of aliphatic hydroxyl groups is 1. The summed E-state index contributed by atoms with van der Waals surface area (Å²) in [5.74, 6) is 0.111. The van der Waals surface area contributed by atoms with Crippen molar-refractivity contribution in [3.8, 4) is 0 Å². The number of rotatable bonds is 8. The van der Waals surface area contributed by atoms with Crippen LogP contribution in [0.1, 0.15) is 38.7 Å². The Morgan fingerprint density at radius 1 is 1.25 bits per heavy atom. The Bertz CT molecular complexity index is 496. The zero-order valence-corrected chi connectivity index (χ0v) is 13.3. The second-order valence-electron chi connectivity index (χ2n) is 5.34. The zero-order chi connectivity index (χ0) is 15.2. The largest absolute Gasteiger partial charge is 0.395 e. The normalized spacial score (nSPS) is 15.0. The third kappa shape index (κ3) is 4.89. The molecule has 0 aliphatic carbocycles. The molecule has 0 aliphatic rings. The lowest BCUT2D eigenvalue weighted by atomic mass is 9.97. The summed E-state index contributed by atoms with van der Waals surface area (Å²) in [6.07, 6.45) is 3.00. The second-order valence-corrected chi connectivity index (χ2v) is 7.06. The van der Waals surface area contributed by atoms with Crippen molar-refractivity contribution in [3.63, 3.8) is 0 Å². The third-order valence-corrected chi connectivity index (χ3v) is 5.04. The molecule has 0 bridgehead atoms. The van der Waals surface area contributed by atoms with E-state index in [0.29, 0.717) is 0 Å². The molecule has 114 valence electrons. The number of nitrogens with one attached hydrogen (secondary N) is 1. The van der Waals surface area contributed by atoms with E-state index in [1.54, 1.807) is 24.3 Å². The highest BCUT2D eigenvalue weighted by atomic mass is 32.2. The molecule has 0 aliphatic heterocycles. The average molecular weight is 299 g/mol. The minimum Gasteiger partial charge on any atom is -0.395 e. The van der Waals surface area contributed by atoms with Crippen LogP contribution in [0.5, 0.6) is 0 Å². The van der Waals surface area contributed by atoms with Gasteiger partial charge in [0.1, 0.15) is 0 Å². The summed E-state index contributed by atoms with van der Waals surface area (Å²) in [6, 6.07) is 6.27. The third-order valence-electron chi connectivity index (χ3n) is 3.53. The molecular weight excluding hydrogens is 274 g/mol. The van der Waals surface area contributed by atoms with Crippen molar-refractivity contribution in [1.29, 1.82) is 0 Å². The van der Waals surface area contributed by atoms with Crippen LogP contribution in [-0.4, -0.2) is 26.2 Å². The molecule has 1 aromatic carbocycles. The van der Waals surface area contributed by atoms with Crippen molar-refractivity contribution in [2.45, 2.75) is 51.0 Å². The molecule has 0 fully saturated rings. The molecule has 1 rings (SSSR count). The number of benzene rings is 1. The summed E-state index contributed by atoms with van der Waals surface area (Å²) in [5, 5.41) is 9.42. The van der Waals surface area contributed by atoms with E-state index in [1.165, 1.54) is 0 Å². The monoisotopic (exact) mass is 299 g/mol. The van der Waals surface area contributed by atoms with Gasteiger partial charge in [0.15, 0.2) is 0 Å². The fourth-order valence-electron chi connectivity index (χ4n) is 2.05. The minimum atomic E-state index is -3.57. The van der Waals surface area contributed by atoms with Crippen molar-refractivity contribution in [2.24, 2.45) is 5.92 Å². The number of unbranched alkanes of at least 4 members (excludes halogenated alkanes) is 1. The number of hydrogen-bond acceptors (Lipinski definition) is 3. The number of aliphatic hydroxyl groups excluding tert-OH is 1. The van der Waals surface area contributed by atoms with Crippen molar-refractivity contribution in [3.05, 3.63) is 29.8 Å². The molecule has 0 unspecified atom stereocenters. The van der Waals surface area contributed by atoms with E-state index in [4.69, 9.17) is 0 Å². The quantitative estimate of drug-likeness (QED) is 0.775. The van der Waals surface area contributed by atoms with E-state index in [9.17, 15) is 13.5 Å². The number of aryl methyl sites for hydroxylation is 1. The highest BCUT2D eigenvalue weighted by molar-refractivity contribution is 7.89. The molecule has 4 nitrogen and oxygen atoms in total. The molecule has 2 atom stereocenters. The maximum Gasteiger partial charge on any atom is 0.240 e. The maximum absolute atomic E-state index is 12.3. The Kier molecular flexibility index (Phi) is 6.65. The highest BCUT2D eigenvalue weighted by Gasteiger charge is 2.23. The second kappa shape index (κ2) is 7.76. The predicted octanol–water partition coefficient (Wildman–Crippen LogP) is 2.46. The van der Waals surface area contributed by atoms with Gasteiger partial charge in [0.2, 0.25) is 10.0 Å². The lowest BCUT2D eigenvalue weighted by Crippen LogP contribution is -2.41. The Morgan fingerprint density at radius 3 is 2.35 bits per heavy atom. The van der Waals surface area contributed by atoms with Gasteiger partial charge in [-0.2, -0.15) is 0 Å². The summed E-state index contributed by atoms with van der Waals surface area (Å²) >= 11 is 0. The first-order chi connectivity index (χ1) is 9.40. The fourth-order valence-corrected chi connectivity index (χ4v) is 3.38. The van der Waals surface area contributed by atoms with Gasteiger partial charge in [-0.3, -0.25) is 0 Å². The molecule has 0 heterocycles. The van der Waals surface area contributed by atoms with Gasteiger partial charge in [0.25, 0.3) is 0 Å². The lowest BCUT2D eigenvalue weighted by molar-refractivity contribution is 0.215. The smallest absolute Gasteiger partial charge is 0.240 e. The van der Waals surface area contributed by atoms with Crippen LogP contribution >= 0.6 is 0 Å². The lowest BCUT2D eigenvalue weighted by Gasteiger charge is -2.23. The number of hydrogen-bond donors (Lipinski definition) is 2. The van der Waals surface area contributed by atoms with Gasteiger partial charge in [-0.15, -0.1) is 0 Å². The molecule has 0 radical (unpaired) electrons. The summed E-state index contributed by atoms with van der Waals surface area (Å²) in [4.78, 5) is 0.240. The molecule has 2 N–H and O–H groups in total. The van der Waals surface area contributed by atoms with Gasteiger partial charge in [-0.1, -0.05) is 44.4 Å². The molecular formula is C15H25NO3S. The molecule has 1 aromatic rings. The van der Waals surface area contributed by atoms with Gasteiger partial charge in [-0.25, -0.2) is 13.1 Å². The van der Waals surface area contributed by atoms with Crippen LogP contribution in [-0.2, 0) is 10.0 Å². The first kappa shape index (κ1) is 17.1. The first-order valence-electron chi connectivity index (χ1n) is 7.10. The van der Waals surface area contributed by atoms with Crippen LogP contribution in [0, 0.1) is 12.8 Å². The molecule has 0 saturated carbocycles. The molecule has 5 heteroatoms. The van der Waals surface area contributed by atoms with E-state index in [2.05, 4.69) is 11.6 Å². The Balaban J connectivity index is 2.79. The van der Waals surface area contributed by atoms with Crippen LogP contribution < -0.4 is 4.72 Å². The van der Waals surface area contributed by atoms with Crippen LogP contribution in [0.25, 0.3) is 0 Å². The van der Waals surface area contributed by atoms with E-state index >= 15 is 0 Å². The van der Waals surface area contributed by atoms with Crippen LogP contribution in [0.2, 0.25) is 0 Å². The van der Waals surface area contributed by atoms with Gasteiger partial charge in [-0.05, 0) is 31.4 Å². The van der Waals surface area contributed by atoms with Crippen LogP contribution in [0.15, 0.2) is 29.2 Å². The van der Waals surface area contributed by atoms with Gasteiger partial charge >= 0.3 is 0 Å². The molecule has 20 heavy (non-hydrogen) atoms. The molecule has 0 saturated heterocycles.